The van der Waals surface area contributed by atoms with Gasteiger partial charge in [-0.2, -0.15) is 0 Å². The van der Waals surface area contributed by atoms with E-state index in [-0.39, 0.29) is 5.95 Å². The summed E-state index contributed by atoms with van der Waals surface area (Å²) in [5.74, 6) is 1.90. The molecule has 5 heteroatoms. The fourth-order valence-corrected chi connectivity index (χ4v) is 3.37. The Bertz CT molecular complexity index is 1120. The first kappa shape index (κ1) is 17.8. The molecule has 0 fully saturated rings. The molecule has 28 heavy (non-hydrogen) atoms. The monoisotopic (exact) mass is 371 g/mol. The summed E-state index contributed by atoms with van der Waals surface area (Å²) in [7, 11) is 1.68. The largest absolute Gasteiger partial charge is 0.496 e. The molecule has 0 amide bonds. The van der Waals surface area contributed by atoms with Gasteiger partial charge < -0.3 is 15.2 Å². The van der Waals surface area contributed by atoms with Gasteiger partial charge in [0.25, 0.3) is 0 Å². The van der Waals surface area contributed by atoms with Crippen LogP contribution in [0.15, 0.2) is 66.9 Å². The molecule has 0 unspecified atom stereocenters. The minimum Gasteiger partial charge on any atom is -0.496 e. The van der Waals surface area contributed by atoms with E-state index in [0.717, 1.165) is 44.7 Å². The highest BCUT2D eigenvalue weighted by Crippen LogP contribution is 2.38. The summed E-state index contributed by atoms with van der Waals surface area (Å²) in [6.07, 6.45) is 1.77. The number of benzene rings is 3. The third-order valence-corrected chi connectivity index (χ3v) is 4.64. The fourth-order valence-electron chi connectivity index (χ4n) is 3.37. The van der Waals surface area contributed by atoms with Crippen molar-refractivity contribution in [1.29, 1.82) is 0 Å². The summed E-state index contributed by atoms with van der Waals surface area (Å²) in [6, 6.07) is 20.0. The van der Waals surface area contributed by atoms with Gasteiger partial charge in [-0.15, -0.1) is 0 Å². The molecule has 1 heterocycles. The number of nitrogens with zero attached hydrogens (tertiary/aromatic N) is 2. The molecule has 4 aromatic rings. The summed E-state index contributed by atoms with van der Waals surface area (Å²) in [6.45, 7) is 2.60. The number of hydrogen-bond acceptors (Lipinski definition) is 5. The number of nitrogens with two attached hydrogens (primary N) is 1. The van der Waals surface area contributed by atoms with Crippen LogP contribution in [0.1, 0.15) is 6.92 Å². The summed E-state index contributed by atoms with van der Waals surface area (Å²) >= 11 is 0. The third-order valence-electron chi connectivity index (χ3n) is 4.64. The summed E-state index contributed by atoms with van der Waals surface area (Å²) in [4.78, 5) is 8.80. The molecule has 0 saturated heterocycles. The number of fused-ring (bicyclic) bond motifs is 1. The number of nitrogen functional groups attached to an aromatic ring is 1. The first-order chi connectivity index (χ1) is 13.7. The number of rotatable bonds is 5. The van der Waals surface area contributed by atoms with Crippen molar-refractivity contribution in [3.8, 4) is 33.9 Å². The predicted octanol–water partition coefficient (Wildman–Crippen LogP) is 4.95. The van der Waals surface area contributed by atoms with Gasteiger partial charge >= 0.3 is 0 Å². The van der Waals surface area contributed by atoms with E-state index in [1.807, 2.05) is 61.5 Å². The highest BCUT2D eigenvalue weighted by Gasteiger charge is 2.15. The Balaban J connectivity index is 1.92. The molecule has 0 bridgehead atoms. The van der Waals surface area contributed by atoms with E-state index in [0.29, 0.717) is 6.61 Å². The van der Waals surface area contributed by atoms with Crippen molar-refractivity contribution in [2.75, 3.05) is 19.5 Å². The van der Waals surface area contributed by atoms with Gasteiger partial charge in [0.1, 0.15) is 11.5 Å². The Kier molecular flexibility index (Phi) is 4.81. The van der Waals surface area contributed by atoms with Crippen LogP contribution in [0.25, 0.3) is 33.2 Å². The van der Waals surface area contributed by atoms with Gasteiger partial charge in [-0.3, -0.25) is 0 Å². The lowest BCUT2D eigenvalue weighted by Gasteiger charge is -2.14. The maximum Gasteiger partial charge on any atom is 0.220 e. The number of methoxy groups -OCH3 is 1. The summed E-state index contributed by atoms with van der Waals surface area (Å²) < 4.78 is 11.1. The molecule has 0 saturated carbocycles. The predicted molar refractivity (Wildman–Crippen MR) is 113 cm³/mol. The Morgan fingerprint density at radius 2 is 1.64 bits per heavy atom. The molecule has 1 aromatic heterocycles. The van der Waals surface area contributed by atoms with Crippen LogP contribution in [-0.2, 0) is 0 Å². The standard InChI is InChI=1S/C23H21N3O2/c1-3-28-16-10-8-15(9-11-16)20-14-25-23(24)26-22(20)19-12-13-21(27-2)18-7-5-4-6-17(18)19/h4-14H,3H2,1-2H3,(H2,24,25,26). The van der Waals surface area contributed by atoms with Crippen LogP contribution in [0.2, 0.25) is 0 Å². The SMILES string of the molecule is CCOc1ccc(-c2cnc(N)nc2-c2ccc(OC)c3ccccc23)cc1. The van der Waals surface area contributed by atoms with Gasteiger partial charge in [0.05, 0.1) is 19.4 Å². The number of anilines is 1. The molecule has 0 radical (unpaired) electrons. The van der Waals surface area contributed by atoms with Crippen molar-refractivity contribution in [1.82, 2.24) is 9.97 Å². The van der Waals surface area contributed by atoms with Gasteiger partial charge in [-0.25, -0.2) is 9.97 Å². The topological polar surface area (TPSA) is 70.3 Å². The average molecular weight is 371 g/mol. The second-order valence-electron chi connectivity index (χ2n) is 6.31. The van der Waals surface area contributed by atoms with Crippen molar-refractivity contribution in [3.63, 3.8) is 0 Å². The zero-order valence-electron chi connectivity index (χ0n) is 15.8. The van der Waals surface area contributed by atoms with Crippen LogP contribution in [-0.4, -0.2) is 23.7 Å². The number of aromatic nitrogens is 2. The first-order valence-electron chi connectivity index (χ1n) is 9.13. The maximum atomic E-state index is 5.94. The van der Waals surface area contributed by atoms with Crippen molar-refractivity contribution in [2.45, 2.75) is 6.92 Å². The second kappa shape index (κ2) is 7.56. The van der Waals surface area contributed by atoms with Crippen LogP contribution < -0.4 is 15.2 Å². The van der Waals surface area contributed by atoms with Gasteiger partial charge in [0.2, 0.25) is 5.95 Å². The van der Waals surface area contributed by atoms with Gasteiger partial charge in [0.15, 0.2) is 0 Å². The Labute approximate surface area is 163 Å². The molecule has 0 aliphatic carbocycles. The van der Waals surface area contributed by atoms with Crippen molar-refractivity contribution in [2.24, 2.45) is 0 Å². The lowest BCUT2D eigenvalue weighted by Crippen LogP contribution is -1.99. The third kappa shape index (κ3) is 3.22. The Morgan fingerprint density at radius 3 is 2.36 bits per heavy atom. The molecule has 140 valence electrons. The van der Waals surface area contributed by atoms with E-state index in [2.05, 4.69) is 16.0 Å². The Morgan fingerprint density at radius 1 is 0.893 bits per heavy atom. The molecule has 2 N–H and O–H groups in total. The van der Waals surface area contributed by atoms with E-state index in [1.54, 1.807) is 13.3 Å². The minimum atomic E-state index is 0.240. The quantitative estimate of drug-likeness (QED) is 0.537. The molecule has 0 aliphatic heterocycles. The van der Waals surface area contributed by atoms with E-state index in [9.17, 15) is 0 Å². The maximum absolute atomic E-state index is 5.94. The zero-order valence-corrected chi connectivity index (χ0v) is 15.8. The van der Waals surface area contributed by atoms with Crippen molar-refractivity contribution >= 4 is 16.7 Å². The number of hydrogen-bond donors (Lipinski definition) is 1. The zero-order chi connectivity index (χ0) is 19.5. The van der Waals surface area contributed by atoms with E-state index < -0.39 is 0 Å². The highest BCUT2D eigenvalue weighted by molar-refractivity contribution is 6.02. The fraction of sp³-hybridized carbons (Fsp3) is 0.130. The second-order valence-corrected chi connectivity index (χ2v) is 6.31. The molecule has 0 aliphatic rings. The van der Waals surface area contributed by atoms with Crippen LogP contribution >= 0.6 is 0 Å². The smallest absolute Gasteiger partial charge is 0.220 e. The molecular weight excluding hydrogens is 350 g/mol. The van der Waals surface area contributed by atoms with Gasteiger partial charge in [-0.1, -0.05) is 36.4 Å². The molecular formula is C23H21N3O2. The molecule has 3 aromatic carbocycles. The van der Waals surface area contributed by atoms with Crippen LogP contribution in [0, 0.1) is 0 Å². The van der Waals surface area contributed by atoms with E-state index >= 15 is 0 Å². The average Bonchev–Trinajstić information content (AvgIpc) is 2.74. The molecule has 0 atom stereocenters. The summed E-state index contributed by atoms with van der Waals surface area (Å²) in [5.41, 5.74) is 9.62. The van der Waals surface area contributed by atoms with Gasteiger partial charge in [-0.05, 0) is 42.1 Å². The lowest BCUT2D eigenvalue weighted by molar-refractivity contribution is 0.340. The van der Waals surface area contributed by atoms with Gasteiger partial charge in [0, 0.05) is 22.7 Å². The van der Waals surface area contributed by atoms with Crippen molar-refractivity contribution < 1.29 is 9.47 Å². The van der Waals surface area contributed by atoms with E-state index in [4.69, 9.17) is 15.2 Å². The van der Waals surface area contributed by atoms with E-state index in [1.165, 1.54) is 0 Å². The van der Waals surface area contributed by atoms with Crippen LogP contribution in [0.4, 0.5) is 5.95 Å². The number of ether oxygens (including phenoxy) is 2. The van der Waals surface area contributed by atoms with Crippen LogP contribution in [0.3, 0.4) is 0 Å². The normalized spacial score (nSPS) is 10.8. The molecule has 4 rings (SSSR count). The lowest BCUT2D eigenvalue weighted by atomic mass is 9.96. The minimum absolute atomic E-state index is 0.240. The Hall–Kier alpha value is -3.60. The molecule has 5 nitrogen and oxygen atoms in total. The first-order valence-corrected chi connectivity index (χ1v) is 9.13. The van der Waals surface area contributed by atoms with Crippen molar-refractivity contribution in [3.05, 3.63) is 66.9 Å². The summed E-state index contributed by atoms with van der Waals surface area (Å²) in [5, 5.41) is 2.07. The van der Waals surface area contributed by atoms with Crippen LogP contribution in [0.5, 0.6) is 11.5 Å². The highest BCUT2D eigenvalue weighted by atomic mass is 16.5. The molecule has 0 spiro atoms.